The highest BCUT2D eigenvalue weighted by Gasteiger charge is 2.22. The van der Waals surface area contributed by atoms with Crippen molar-refractivity contribution in [2.75, 3.05) is 19.0 Å². The molecule has 0 spiro atoms. The molecule has 2 rings (SSSR count). The summed E-state index contributed by atoms with van der Waals surface area (Å²) in [5, 5.41) is 16.3. The molecular weight excluding hydrogens is 316 g/mol. The SMILES string of the molecule is COc1ccc(NC(=O)CC(C)NCCCC2CCCCC2O)cc1. The van der Waals surface area contributed by atoms with Gasteiger partial charge in [-0.15, -0.1) is 0 Å². The van der Waals surface area contributed by atoms with Gasteiger partial charge >= 0.3 is 0 Å². The number of methoxy groups -OCH3 is 1. The van der Waals surface area contributed by atoms with Gasteiger partial charge in [-0.3, -0.25) is 4.79 Å². The zero-order valence-corrected chi connectivity index (χ0v) is 15.5. The van der Waals surface area contributed by atoms with Crippen molar-refractivity contribution < 1.29 is 14.6 Å². The van der Waals surface area contributed by atoms with Crippen molar-refractivity contribution >= 4 is 11.6 Å². The summed E-state index contributed by atoms with van der Waals surface area (Å²) in [4.78, 5) is 12.1. The Labute approximate surface area is 151 Å². The lowest BCUT2D eigenvalue weighted by Gasteiger charge is -2.27. The highest BCUT2D eigenvalue weighted by molar-refractivity contribution is 5.91. The summed E-state index contributed by atoms with van der Waals surface area (Å²) in [6.07, 6.45) is 6.97. The van der Waals surface area contributed by atoms with Gasteiger partial charge in [0.2, 0.25) is 5.91 Å². The van der Waals surface area contributed by atoms with E-state index in [0.717, 1.165) is 50.1 Å². The Balaban J connectivity index is 1.60. The average Bonchev–Trinajstić information content (AvgIpc) is 2.60. The predicted octanol–water partition coefficient (Wildman–Crippen LogP) is 3.33. The lowest BCUT2D eigenvalue weighted by Crippen LogP contribution is -2.32. The van der Waals surface area contributed by atoms with Gasteiger partial charge in [0.25, 0.3) is 0 Å². The van der Waals surface area contributed by atoms with Gasteiger partial charge in [-0.2, -0.15) is 0 Å². The van der Waals surface area contributed by atoms with Crippen LogP contribution in [0.4, 0.5) is 5.69 Å². The molecule has 3 N–H and O–H groups in total. The van der Waals surface area contributed by atoms with Crippen molar-refractivity contribution in [3.63, 3.8) is 0 Å². The fourth-order valence-corrected chi connectivity index (χ4v) is 3.47. The summed E-state index contributed by atoms with van der Waals surface area (Å²) < 4.78 is 5.11. The lowest BCUT2D eigenvalue weighted by atomic mass is 9.83. The van der Waals surface area contributed by atoms with Crippen LogP contribution in [-0.2, 0) is 4.79 Å². The minimum atomic E-state index is -0.110. The van der Waals surface area contributed by atoms with E-state index in [1.165, 1.54) is 6.42 Å². The number of hydrogen-bond acceptors (Lipinski definition) is 4. The molecule has 1 aromatic carbocycles. The van der Waals surface area contributed by atoms with Gasteiger partial charge in [0.05, 0.1) is 13.2 Å². The summed E-state index contributed by atoms with van der Waals surface area (Å²) in [7, 11) is 1.62. The number of benzene rings is 1. The summed E-state index contributed by atoms with van der Waals surface area (Å²) in [5.74, 6) is 1.24. The molecule has 1 aliphatic rings. The topological polar surface area (TPSA) is 70.6 Å². The summed E-state index contributed by atoms with van der Waals surface area (Å²) in [6, 6.07) is 7.47. The van der Waals surface area contributed by atoms with Crippen LogP contribution in [0.25, 0.3) is 0 Å². The van der Waals surface area contributed by atoms with E-state index in [9.17, 15) is 9.90 Å². The third-order valence-corrected chi connectivity index (χ3v) is 4.98. The molecule has 1 amide bonds. The number of anilines is 1. The van der Waals surface area contributed by atoms with Crippen LogP contribution in [0.3, 0.4) is 0 Å². The Hall–Kier alpha value is -1.59. The van der Waals surface area contributed by atoms with Gasteiger partial charge in [-0.1, -0.05) is 12.8 Å². The van der Waals surface area contributed by atoms with Gasteiger partial charge in [0.15, 0.2) is 0 Å². The van der Waals surface area contributed by atoms with Gasteiger partial charge in [-0.05, 0) is 69.3 Å². The zero-order chi connectivity index (χ0) is 18.1. The number of aliphatic hydroxyl groups excluding tert-OH is 1. The molecule has 1 aliphatic carbocycles. The third-order valence-electron chi connectivity index (χ3n) is 4.98. The lowest BCUT2D eigenvalue weighted by molar-refractivity contribution is -0.116. The number of rotatable bonds is 9. The monoisotopic (exact) mass is 348 g/mol. The van der Waals surface area contributed by atoms with Gasteiger partial charge in [0, 0.05) is 18.2 Å². The number of carbonyl (C=O) groups is 1. The Bertz CT molecular complexity index is 518. The average molecular weight is 348 g/mol. The Morgan fingerprint density at radius 1 is 1.28 bits per heavy atom. The van der Waals surface area contributed by atoms with Crippen LogP contribution in [0.1, 0.15) is 51.9 Å². The fourth-order valence-electron chi connectivity index (χ4n) is 3.47. The van der Waals surface area contributed by atoms with Crippen LogP contribution in [0.5, 0.6) is 5.75 Å². The van der Waals surface area contributed by atoms with Crippen molar-refractivity contribution in [2.24, 2.45) is 5.92 Å². The highest BCUT2D eigenvalue weighted by atomic mass is 16.5. The second kappa shape index (κ2) is 10.4. The van der Waals surface area contributed by atoms with Gasteiger partial charge in [-0.25, -0.2) is 0 Å². The van der Waals surface area contributed by atoms with E-state index in [-0.39, 0.29) is 18.1 Å². The van der Waals surface area contributed by atoms with E-state index in [1.54, 1.807) is 7.11 Å². The van der Waals surface area contributed by atoms with Crippen LogP contribution in [0, 0.1) is 5.92 Å². The highest BCUT2D eigenvalue weighted by Crippen LogP contribution is 2.27. The maximum atomic E-state index is 12.1. The Morgan fingerprint density at radius 3 is 2.68 bits per heavy atom. The number of hydrogen-bond donors (Lipinski definition) is 3. The molecule has 25 heavy (non-hydrogen) atoms. The molecule has 1 aromatic rings. The number of ether oxygens (including phenoxy) is 1. The van der Waals surface area contributed by atoms with E-state index < -0.39 is 0 Å². The predicted molar refractivity (Wildman–Crippen MR) is 101 cm³/mol. The Morgan fingerprint density at radius 2 is 2.00 bits per heavy atom. The minimum Gasteiger partial charge on any atom is -0.497 e. The molecule has 0 bridgehead atoms. The van der Waals surface area contributed by atoms with Crippen LogP contribution >= 0.6 is 0 Å². The third kappa shape index (κ3) is 7.04. The quantitative estimate of drug-likeness (QED) is 0.599. The first-order valence-electron chi connectivity index (χ1n) is 9.44. The number of carbonyl (C=O) groups excluding carboxylic acids is 1. The van der Waals surface area contributed by atoms with Crippen LogP contribution in [-0.4, -0.2) is 36.8 Å². The first kappa shape index (κ1) is 19.7. The van der Waals surface area contributed by atoms with E-state index in [0.29, 0.717) is 12.3 Å². The van der Waals surface area contributed by atoms with Crippen LogP contribution < -0.4 is 15.4 Å². The molecule has 3 unspecified atom stereocenters. The molecule has 1 saturated carbocycles. The van der Waals surface area contributed by atoms with Gasteiger partial charge < -0.3 is 20.5 Å². The van der Waals surface area contributed by atoms with E-state index >= 15 is 0 Å². The molecule has 0 aliphatic heterocycles. The number of aliphatic hydroxyl groups is 1. The van der Waals surface area contributed by atoms with E-state index in [1.807, 2.05) is 31.2 Å². The normalized spacial score (nSPS) is 21.6. The van der Waals surface area contributed by atoms with Crippen LogP contribution in [0.2, 0.25) is 0 Å². The maximum Gasteiger partial charge on any atom is 0.225 e. The van der Waals surface area contributed by atoms with Crippen molar-refractivity contribution in [3.05, 3.63) is 24.3 Å². The Kier molecular flexibility index (Phi) is 8.22. The zero-order valence-electron chi connectivity index (χ0n) is 15.5. The molecule has 5 nitrogen and oxygen atoms in total. The number of nitrogens with one attached hydrogen (secondary N) is 2. The molecule has 1 fully saturated rings. The molecule has 3 atom stereocenters. The summed E-state index contributed by atoms with van der Waals surface area (Å²) in [5.41, 5.74) is 0.782. The van der Waals surface area contributed by atoms with Crippen molar-refractivity contribution in [2.45, 2.75) is 64.0 Å². The second-order valence-corrected chi connectivity index (χ2v) is 7.09. The van der Waals surface area contributed by atoms with E-state index in [4.69, 9.17) is 4.74 Å². The van der Waals surface area contributed by atoms with Crippen LogP contribution in [0.15, 0.2) is 24.3 Å². The van der Waals surface area contributed by atoms with E-state index in [2.05, 4.69) is 10.6 Å². The molecule has 0 heterocycles. The molecule has 0 radical (unpaired) electrons. The molecular formula is C20H32N2O3. The van der Waals surface area contributed by atoms with Crippen molar-refractivity contribution in [1.82, 2.24) is 5.32 Å². The molecule has 0 aromatic heterocycles. The summed E-state index contributed by atoms with van der Waals surface area (Å²) in [6.45, 7) is 2.92. The molecule has 140 valence electrons. The standard InChI is InChI=1S/C20H32N2O3/c1-15(21-13-5-7-16-6-3-4-8-19(16)23)14-20(24)22-17-9-11-18(25-2)12-10-17/h9-12,15-16,19,21,23H,3-8,13-14H2,1-2H3,(H,22,24). The molecule has 0 saturated heterocycles. The first-order valence-corrected chi connectivity index (χ1v) is 9.44. The second-order valence-electron chi connectivity index (χ2n) is 7.09. The molecule has 5 heteroatoms. The van der Waals surface area contributed by atoms with Crippen molar-refractivity contribution in [3.8, 4) is 5.75 Å². The number of amides is 1. The van der Waals surface area contributed by atoms with Gasteiger partial charge in [0.1, 0.15) is 5.75 Å². The van der Waals surface area contributed by atoms with Crippen molar-refractivity contribution in [1.29, 1.82) is 0 Å². The minimum absolute atomic E-state index is 0.00729. The maximum absolute atomic E-state index is 12.1. The fraction of sp³-hybridized carbons (Fsp3) is 0.650. The smallest absolute Gasteiger partial charge is 0.225 e. The first-order chi connectivity index (χ1) is 12.1. The summed E-state index contributed by atoms with van der Waals surface area (Å²) >= 11 is 0. The largest absolute Gasteiger partial charge is 0.497 e.